The van der Waals surface area contributed by atoms with Crippen LogP contribution in [0.1, 0.15) is 37.5 Å². The molecule has 0 radical (unpaired) electrons. The fourth-order valence-corrected chi connectivity index (χ4v) is 3.43. The van der Waals surface area contributed by atoms with Crippen LogP contribution in [0.25, 0.3) is 0 Å². The molecule has 5 nitrogen and oxygen atoms in total. The predicted octanol–water partition coefficient (Wildman–Crippen LogP) is 2.90. The van der Waals surface area contributed by atoms with E-state index in [9.17, 15) is 4.79 Å². The molecular weight excluding hydrogens is 314 g/mol. The number of carbonyl (C=O) groups excluding carboxylic acids is 1. The van der Waals surface area contributed by atoms with Crippen molar-refractivity contribution in [1.82, 2.24) is 14.8 Å². The normalized spacial score (nSPS) is 17.8. The summed E-state index contributed by atoms with van der Waals surface area (Å²) in [7, 11) is 0. The van der Waals surface area contributed by atoms with E-state index >= 15 is 0 Å². The third kappa shape index (κ3) is 4.69. The standard InChI is InChI=1S/C20H27N3O2/c1-3-19-13-21-20(25-19)15-23(16(2)24)18-10-12-22(14-18)11-9-17-7-5-4-6-8-17/h4-8,13,18H,3,9-12,14-15H2,1-2H3/t18-/m0/s1. The Balaban J connectivity index is 1.55. The molecule has 0 spiro atoms. The van der Waals surface area contributed by atoms with Crippen LogP contribution in [-0.4, -0.2) is 46.4 Å². The number of nitrogens with zero attached hydrogens (tertiary/aromatic N) is 3. The van der Waals surface area contributed by atoms with Gasteiger partial charge in [-0.25, -0.2) is 4.98 Å². The molecule has 134 valence electrons. The van der Waals surface area contributed by atoms with E-state index < -0.39 is 0 Å². The summed E-state index contributed by atoms with van der Waals surface area (Å²) in [6.07, 6.45) is 4.64. The zero-order valence-corrected chi connectivity index (χ0v) is 15.1. The number of carbonyl (C=O) groups is 1. The number of hydrogen-bond donors (Lipinski definition) is 0. The van der Waals surface area contributed by atoms with Gasteiger partial charge in [-0.05, 0) is 18.4 Å². The fraction of sp³-hybridized carbons (Fsp3) is 0.500. The van der Waals surface area contributed by atoms with E-state index in [0.29, 0.717) is 12.4 Å². The van der Waals surface area contributed by atoms with Crippen LogP contribution in [0.15, 0.2) is 40.9 Å². The van der Waals surface area contributed by atoms with Crippen molar-refractivity contribution in [2.75, 3.05) is 19.6 Å². The monoisotopic (exact) mass is 341 g/mol. The molecule has 1 aromatic carbocycles. The van der Waals surface area contributed by atoms with Crippen molar-refractivity contribution in [1.29, 1.82) is 0 Å². The molecule has 1 atom stereocenters. The van der Waals surface area contributed by atoms with Gasteiger partial charge in [-0.3, -0.25) is 4.79 Å². The molecular formula is C20H27N3O2. The van der Waals surface area contributed by atoms with Crippen molar-refractivity contribution in [2.24, 2.45) is 0 Å². The minimum Gasteiger partial charge on any atom is -0.444 e. The Kier molecular flexibility index (Phi) is 5.87. The summed E-state index contributed by atoms with van der Waals surface area (Å²) in [6, 6.07) is 10.8. The molecule has 1 aromatic heterocycles. The van der Waals surface area contributed by atoms with Gasteiger partial charge < -0.3 is 14.2 Å². The van der Waals surface area contributed by atoms with E-state index in [4.69, 9.17) is 4.42 Å². The first-order valence-corrected chi connectivity index (χ1v) is 9.12. The van der Waals surface area contributed by atoms with Crippen molar-refractivity contribution < 1.29 is 9.21 Å². The lowest BCUT2D eigenvalue weighted by molar-refractivity contribution is -0.132. The first-order chi connectivity index (χ1) is 12.2. The molecule has 1 amide bonds. The smallest absolute Gasteiger partial charge is 0.220 e. The van der Waals surface area contributed by atoms with Gasteiger partial charge in [-0.1, -0.05) is 37.3 Å². The second-order valence-electron chi connectivity index (χ2n) is 6.70. The maximum absolute atomic E-state index is 12.1. The number of benzene rings is 1. The third-order valence-electron chi connectivity index (χ3n) is 4.91. The maximum Gasteiger partial charge on any atom is 0.220 e. The second-order valence-corrected chi connectivity index (χ2v) is 6.70. The third-order valence-corrected chi connectivity index (χ3v) is 4.91. The molecule has 2 aromatic rings. The van der Waals surface area contributed by atoms with Crippen LogP contribution >= 0.6 is 0 Å². The van der Waals surface area contributed by atoms with Gasteiger partial charge >= 0.3 is 0 Å². The quantitative estimate of drug-likeness (QED) is 0.777. The lowest BCUT2D eigenvalue weighted by Gasteiger charge is -2.27. The summed E-state index contributed by atoms with van der Waals surface area (Å²) in [5, 5.41) is 0. The van der Waals surface area contributed by atoms with Gasteiger partial charge in [-0.2, -0.15) is 0 Å². The van der Waals surface area contributed by atoms with Crippen molar-refractivity contribution in [3.05, 3.63) is 53.7 Å². The van der Waals surface area contributed by atoms with E-state index in [1.165, 1.54) is 5.56 Å². The van der Waals surface area contributed by atoms with Crippen LogP contribution < -0.4 is 0 Å². The predicted molar refractivity (Wildman–Crippen MR) is 97.1 cm³/mol. The summed E-state index contributed by atoms with van der Waals surface area (Å²) in [5.41, 5.74) is 1.36. The van der Waals surface area contributed by atoms with Gasteiger partial charge in [0.1, 0.15) is 5.76 Å². The van der Waals surface area contributed by atoms with Crippen molar-refractivity contribution in [3.63, 3.8) is 0 Å². The van der Waals surface area contributed by atoms with Crippen LogP contribution in [0, 0.1) is 0 Å². The van der Waals surface area contributed by atoms with E-state index in [-0.39, 0.29) is 11.9 Å². The molecule has 0 bridgehead atoms. The van der Waals surface area contributed by atoms with Crippen LogP contribution in [0.4, 0.5) is 0 Å². The van der Waals surface area contributed by atoms with Crippen LogP contribution in [-0.2, 0) is 24.2 Å². The van der Waals surface area contributed by atoms with E-state index in [1.807, 2.05) is 17.9 Å². The Morgan fingerprint density at radius 2 is 2.16 bits per heavy atom. The summed E-state index contributed by atoms with van der Waals surface area (Å²) in [5.74, 6) is 1.59. The van der Waals surface area contributed by atoms with Crippen LogP contribution in [0.3, 0.4) is 0 Å². The fourth-order valence-electron chi connectivity index (χ4n) is 3.43. The molecule has 1 fully saturated rings. The summed E-state index contributed by atoms with van der Waals surface area (Å²) in [4.78, 5) is 20.8. The SMILES string of the molecule is CCc1cnc(CN(C(C)=O)[C@H]2CCN(CCc3ccccc3)C2)o1. The number of likely N-dealkylation sites (tertiary alicyclic amines) is 1. The summed E-state index contributed by atoms with van der Waals surface area (Å²) >= 11 is 0. The first-order valence-electron chi connectivity index (χ1n) is 9.12. The van der Waals surface area contributed by atoms with E-state index in [1.54, 1.807) is 13.1 Å². The summed E-state index contributed by atoms with van der Waals surface area (Å²) < 4.78 is 5.69. The number of aryl methyl sites for hydroxylation is 1. The Labute approximate surface area is 149 Å². The lowest BCUT2D eigenvalue weighted by Crippen LogP contribution is -2.40. The lowest BCUT2D eigenvalue weighted by atomic mass is 10.1. The number of hydrogen-bond acceptors (Lipinski definition) is 4. The highest BCUT2D eigenvalue weighted by Gasteiger charge is 2.30. The average molecular weight is 341 g/mol. The highest BCUT2D eigenvalue weighted by atomic mass is 16.4. The minimum absolute atomic E-state index is 0.0890. The van der Waals surface area contributed by atoms with Crippen molar-refractivity contribution in [2.45, 2.75) is 45.7 Å². The number of amides is 1. The molecule has 0 N–H and O–H groups in total. The highest BCUT2D eigenvalue weighted by molar-refractivity contribution is 5.73. The zero-order valence-electron chi connectivity index (χ0n) is 15.1. The van der Waals surface area contributed by atoms with Gasteiger partial charge in [0.25, 0.3) is 0 Å². The van der Waals surface area contributed by atoms with Gasteiger partial charge in [0.05, 0.1) is 12.7 Å². The molecule has 0 saturated carbocycles. The van der Waals surface area contributed by atoms with Gasteiger partial charge in [0.2, 0.25) is 11.8 Å². The Bertz CT molecular complexity index is 683. The van der Waals surface area contributed by atoms with Gasteiger partial charge in [0.15, 0.2) is 0 Å². The van der Waals surface area contributed by atoms with Crippen molar-refractivity contribution in [3.8, 4) is 0 Å². The molecule has 0 unspecified atom stereocenters. The van der Waals surface area contributed by atoms with E-state index in [0.717, 1.165) is 44.7 Å². The number of rotatable bonds is 7. The Morgan fingerprint density at radius 1 is 1.36 bits per heavy atom. The molecule has 2 heterocycles. The number of aromatic nitrogens is 1. The second kappa shape index (κ2) is 8.30. The van der Waals surface area contributed by atoms with Gasteiger partial charge in [0, 0.05) is 39.0 Å². The maximum atomic E-state index is 12.1. The Hall–Kier alpha value is -2.14. The summed E-state index contributed by atoms with van der Waals surface area (Å²) in [6.45, 7) is 7.13. The van der Waals surface area contributed by atoms with Crippen LogP contribution in [0.5, 0.6) is 0 Å². The Morgan fingerprint density at radius 3 is 2.84 bits per heavy atom. The number of oxazole rings is 1. The average Bonchev–Trinajstić information content (AvgIpc) is 3.27. The topological polar surface area (TPSA) is 49.6 Å². The molecule has 1 aliphatic rings. The van der Waals surface area contributed by atoms with Crippen LogP contribution in [0.2, 0.25) is 0 Å². The van der Waals surface area contributed by atoms with Crippen molar-refractivity contribution >= 4 is 5.91 Å². The minimum atomic E-state index is 0.0890. The first kappa shape index (κ1) is 17.7. The molecule has 0 aliphatic carbocycles. The van der Waals surface area contributed by atoms with Gasteiger partial charge in [-0.15, -0.1) is 0 Å². The molecule has 25 heavy (non-hydrogen) atoms. The molecule has 3 rings (SSSR count). The van der Waals surface area contributed by atoms with E-state index in [2.05, 4.69) is 34.1 Å². The highest BCUT2D eigenvalue weighted by Crippen LogP contribution is 2.19. The zero-order chi connectivity index (χ0) is 17.6. The molecule has 1 saturated heterocycles. The largest absolute Gasteiger partial charge is 0.444 e. The molecule has 1 aliphatic heterocycles. The molecule has 5 heteroatoms.